The summed E-state index contributed by atoms with van der Waals surface area (Å²) in [4.78, 5) is 0. The Morgan fingerprint density at radius 1 is 1.13 bits per heavy atom. The van der Waals surface area contributed by atoms with E-state index in [0.717, 1.165) is 19.4 Å². The second kappa shape index (κ2) is 9.13. The average Bonchev–Trinajstić information content (AvgIpc) is 2.20. The highest BCUT2D eigenvalue weighted by molar-refractivity contribution is 4.79. The van der Waals surface area contributed by atoms with Gasteiger partial charge in [-0.3, -0.25) is 11.3 Å². The van der Waals surface area contributed by atoms with Crippen LogP contribution in [0, 0.1) is 5.92 Å². The second-order valence-electron chi connectivity index (χ2n) is 4.24. The lowest BCUT2D eigenvalue weighted by atomic mass is 9.91. The molecular weight excluding hydrogens is 188 g/mol. The van der Waals surface area contributed by atoms with Crippen LogP contribution in [0.3, 0.4) is 0 Å². The standard InChI is InChI=1S/C12H28N2O/c1-5-8-10(4)12(14-13)11(9-6-2)15-7-3/h10-12,14H,5-9,13H2,1-4H3. The third kappa shape index (κ3) is 5.50. The van der Waals surface area contributed by atoms with E-state index in [2.05, 4.69) is 26.2 Å². The summed E-state index contributed by atoms with van der Waals surface area (Å²) >= 11 is 0. The van der Waals surface area contributed by atoms with E-state index in [9.17, 15) is 0 Å². The zero-order valence-corrected chi connectivity index (χ0v) is 10.8. The molecule has 15 heavy (non-hydrogen) atoms. The minimum atomic E-state index is 0.256. The van der Waals surface area contributed by atoms with Crippen molar-refractivity contribution in [2.75, 3.05) is 6.61 Å². The Morgan fingerprint density at radius 3 is 2.13 bits per heavy atom. The molecule has 3 heteroatoms. The molecule has 3 N–H and O–H groups in total. The monoisotopic (exact) mass is 216 g/mol. The second-order valence-corrected chi connectivity index (χ2v) is 4.24. The van der Waals surface area contributed by atoms with Gasteiger partial charge in [0.25, 0.3) is 0 Å². The fourth-order valence-electron chi connectivity index (χ4n) is 2.14. The number of rotatable bonds is 9. The minimum Gasteiger partial charge on any atom is -0.377 e. The van der Waals surface area contributed by atoms with Gasteiger partial charge in [-0.1, -0.05) is 33.6 Å². The Bertz CT molecular complexity index is 136. The molecule has 0 bridgehead atoms. The van der Waals surface area contributed by atoms with Crippen molar-refractivity contribution in [1.82, 2.24) is 5.43 Å². The van der Waals surface area contributed by atoms with Gasteiger partial charge in [-0.25, -0.2) is 0 Å². The molecule has 0 amide bonds. The van der Waals surface area contributed by atoms with Gasteiger partial charge >= 0.3 is 0 Å². The van der Waals surface area contributed by atoms with Gasteiger partial charge in [0, 0.05) is 12.6 Å². The Labute approximate surface area is 94.7 Å². The summed E-state index contributed by atoms with van der Waals surface area (Å²) in [6, 6.07) is 0.282. The van der Waals surface area contributed by atoms with E-state index in [1.165, 1.54) is 12.8 Å². The van der Waals surface area contributed by atoms with Gasteiger partial charge in [-0.05, 0) is 25.7 Å². The van der Waals surface area contributed by atoms with Crippen molar-refractivity contribution >= 4 is 0 Å². The Kier molecular flexibility index (Phi) is 9.06. The van der Waals surface area contributed by atoms with Gasteiger partial charge in [0.1, 0.15) is 0 Å². The SMILES string of the molecule is CCCC(C)C(NN)C(CCC)OCC. The topological polar surface area (TPSA) is 47.3 Å². The molecule has 0 fully saturated rings. The lowest BCUT2D eigenvalue weighted by Crippen LogP contribution is -2.49. The minimum absolute atomic E-state index is 0.256. The van der Waals surface area contributed by atoms with Gasteiger partial charge < -0.3 is 4.74 Å². The molecule has 0 aromatic rings. The van der Waals surface area contributed by atoms with Crippen LogP contribution in [0.5, 0.6) is 0 Å². The fraction of sp³-hybridized carbons (Fsp3) is 1.00. The third-order valence-corrected chi connectivity index (χ3v) is 2.90. The number of hydrogen-bond acceptors (Lipinski definition) is 3. The fourth-order valence-corrected chi connectivity index (χ4v) is 2.14. The predicted octanol–water partition coefficient (Wildman–Crippen LogP) is 2.46. The molecule has 0 radical (unpaired) electrons. The molecule has 3 unspecified atom stereocenters. The maximum absolute atomic E-state index is 5.76. The number of hydrazine groups is 1. The number of nitrogens with one attached hydrogen (secondary N) is 1. The molecule has 0 rings (SSSR count). The van der Waals surface area contributed by atoms with E-state index in [1.54, 1.807) is 0 Å². The average molecular weight is 216 g/mol. The number of nitrogens with two attached hydrogens (primary N) is 1. The van der Waals surface area contributed by atoms with Crippen LogP contribution in [0.4, 0.5) is 0 Å². The Hall–Kier alpha value is -0.120. The third-order valence-electron chi connectivity index (χ3n) is 2.90. The molecule has 3 atom stereocenters. The van der Waals surface area contributed by atoms with Crippen LogP contribution in [-0.4, -0.2) is 18.8 Å². The van der Waals surface area contributed by atoms with E-state index < -0.39 is 0 Å². The highest BCUT2D eigenvalue weighted by atomic mass is 16.5. The molecular formula is C12H28N2O. The van der Waals surface area contributed by atoms with Crippen molar-refractivity contribution in [3.05, 3.63) is 0 Å². The summed E-state index contributed by atoms with van der Waals surface area (Å²) < 4.78 is 5.76. The summed E-state index contributed by atoms with van der Waals surface area (Å²) in [7, 11) is 0. The zero-order valence-electron chi connectivity index (χ0n) is 10.8. The lowest BCUT2D eigenvalue weighted by Gasteiger charge is -2.31. The number of hydrogen-bond donors (Lipinski definition) is 2. The first-order chi connectivity index (χ1) is 7.21. The van der Waals surface area contributed by atoms with Crippen LogP contribution in [0.25, 0.3) is 0 Å². The van der Waals surface area contributed by atoms with Crippen molar-refractivity contribution in [2.45, 2.75) is 65.5 Å². The maximum Gasteiger partial charge on any atom is 0.0743 e. The summed E-state index contributed by atoms with van der Waals surface area (Å²) in [6.07, 6.45) is 4.87. The summed E-state index contributed by atoms with van der Waals surface area (Å²) in [5.74, 6) is 6.21. The van der Waals surface area contributed by atoms with Crippen LogP contribution in [0.1, 0.15) is 53.4 Å². The molecule has 0 aromatic heterocycles. The van der Waals surface area contributed by atoms with E-state index in [1.807, 2.05) is 6.92 Å². The first kappa shape index (κ1) is 14.9. The van der Waals surface area contributed by atoms with E-state index in [-0.39, 0.29) is 12.1 Å². The molecule has 92 valence electrons. The Morgan fingerprint density at radius 2 is 1.73 bits per heavy atom. The first-order valence-electron chi connectivity index (χ1n) is 6.28. The van der Waals surface area contributed by atoms with Crippen LogP contribution < -0.4 is 11.3 Å². The van der Waals surface area contributed by atoms with Crippen molar-refractivity contribution in [2.24, 2.45) is 11.8 Å². The smallest absolute Gasteiger partial charge is 0.0743 e. The van der Waals surface area contributed by atoms with E-state index in [4.69, 9.17) is 10.6 Å². The quantitative estimate of drug-likeness (QED) is 0.460. The molecule has 0 aliphatic heterocycles. The highest BCUT2D eigenvalue weighted by Crippen LogP contribution is 2.18. The van der Waals surface area contributed by atoms with Crippen LogP contribution in [0.2, 0.25) is 0 Å². The maximum atomic E-state index is 5.76. The summed E-state index contributed by atoms with van der Waals surface area (Å²) in [6.45, 7) is 9.45. The van der Waals surface area contributed by atoms with Crippen molar-refractivity contribution in [3.63, 3.8) is 0 Å². The van der Waals surface area contributed by atoms with Gasteiger partial charge in [-0.2, -0.15) is 0 Å². The summed E-state index contributed by atoms with van der Waals surface area (Å²) in [5.41, 5.74) is 2.93. The van der Waals surface area contributed by atoms with Gasteiger partial charge in [0.05, 0.1) is 6.10 Å². The van der Waals surface area contributed by atoms with E-state index >= 15 is 0 Å². The molecule has 0 spiro atoms. The molecule has 0 aliphatic carbocycles. The normalized spacial score (nSPS) is 17.4. The Balaban J connectivity index is 4.28. The van der Waals surface area contributed by atoms with Gasteiger partial charge in [-0.15, -0.1) is 0 Å². The lowest BCUT2D eigenvalue weighted by molar-refractivity contribution is 0.0125. The first-order valence-corrected chi connectivity index (χ1v) is 6.28. The van der Waals surface area contributed by atoms with Crippen LogP contribution >= 0.6 is 0 Å². The molecule has 0 saturated heterocycles. The van der Waals surface area contributed by atoms with Crippen LogP contribution in [0.15, 0.2) is 0 Å². The zero-order chi connectivity index (χ0) is 11.7. The van der Waals surface area contributed by atoms with E-state index in [0.29, 0.717) is 5.92 Å². The summed E-state index contributed by atoms with van der Waals surface area (Å²) in [5, 5.41) is 0. The van der Waals surface area contributed by atoms with Gasteiger partial charge in [0.15, 0.2) is 0 Å². The predicted molar refractivity (Wildman–Crippen MR) is 65.5 cm³/mol. The van der Waals surface area contributed by atoms with Crippen molar-refractivity contribution < 1.29 is 4.74 Å². The number of ether oxygens (including phenoxy) is 1. The van der Waals surface area contributed by atoms with Gasteiger partial charge in [0.2, 0.25) is 0 Å². The van der Waals surface area contributed by atoms with Crippen molar-refractivity contribution in [1.29, 1.82) is 0 Å². The molecule has 0 saturated carbocycles. The molecule has 0 aliphatic rings. The highest BCUT2D eigenvalue weighted by Gasteiger charge is 2.24. The molecule has 0 heterocycles. The molecule has 3 nitrogen and oxygen atoms in total. The molecule has 0 aromatic carbocycles. The van der Waals surface area contributed by atoms with Crippen molar-refractivity contribution in [3.8, 4) is 0 Å². The largest absolute Gasteiger partial charge is 0.377 e. The van der Waals surface area contributed by atoms with Crippen LogP contribution in [-0.2, 0) is 4.74 Å².